The Morgan fingerprint density at radius 1 is 1.29 bits per heavy atom. The number of sulfonamides is 1. The molecule has 1 aliphatic heterocycles. The largest absolute Gasteiger partial charge is 0.355 e. The van der Waals surface area contributed by atoms with E-state index in [0.717, 1.165) is 23.6 Å². The Bertz CT molecular complexity index is 870. The first kappa shape index (κ1) is 21.3. The fourth-order valence-corrected chi connectivity index (χ4v) is 6.19. The average molecular weight is 443 g/mol. The summed E-state index contributed by atoms with van der Waals surface area (Å²) in [6.07, 6.45) is 1.30. The Morgan fingerprint density at radius 3 is 2.79 bits per heavy atom. The van der Waals surface area contributed by atoms with Crippen molar-refractivity contribution in [3.05, 3.63) is 52.5 Å². The van der Waals surface area contributed by atoms with E-state index in [1.807, 2.05) is 5.38 Å². The molecule has 3 rings (SSSR count). The van der Waals surface area contributed by atoms with Crippen molar-refractivity contribution in [2.75, 3.05) is 25.4 Å². The number of nitrogens with zero attached hydrogens (tertiary/aromatic N) is 1. The lowest BCUT2D eigenvalue weighted by molar-refractivity contribution is -0.125. The first-order chi connectivity index (χ1) is 13.5. The van der Waals surface area contributed by atoms with Gasteiger partial charge in [0.05, 0.1) is 10.8 Å². The number of carbonyl (C=O) groups is 1. The molecule has 1 N–H and O–H groups in total. The molecule has 2 heterocycles. The highest BCUT2D eigenvalue weighted by molar-refractivity contribution is 7.98. The monoisotopic (exact) mass is 442 g/mol. The van der Waals surface area contributed by atoms with Crippen LogP contribution in [0.15, 0.2) is 46.0 Å². The van der Waals surface area contributed by atoms with Gasteiger partial charge in [0.15, 0.2) is 0 Å². The van der Waals surface area contributed by atoms with Crippen molar-refractivity contribution in [2.24, 2.45) is 5.92 Å². The molecule has 0 aliphatic carbocycles. The molecular formula is C19H23FN2O3S3. The molecule has 0 unspecified atom stereocenters. The number of carbonyl (C=O) groups excluding carboxylic acids is 1. The lowest BCUT2D eigenvalue weighted by atomic mass is 9.99. The molecule has 28 heavy (non-hydrogen) atoms. The Kier molecular flexibility index (Phi) is 7.50. The Hall–Kier alpha value is -1.42. The van der Waals surface area contributed by atoms with Crippen LogP contribution in [0.5, 0.6) is 0 Å². The SMILES string of the molecule is O=C(NCCSCc1ccsc1)[C@@H]1CCCN(S(=O)(=O)c2ccc(F)cc2)C1. The van der Waals surface area contributed by atoms with Gasteiger partial charge in [-0.15, -0.1) is 0 Å². The van der Waals surface area contributed by atoms with Crippen LogP contribution in [0.2, 0.25) is 0 Å². The predicted octanol–water partition coefficient (Wildman–Crippen LogP) is 3.34. The topological polar surface area (TPSA) is 66.5 Å². The zero-order chi connectivity index (χ0) is 20.0. The molecule has 0 spiro atoms. The molecule has 1 aliphatic rings. The molecule has 152 valence electrons. The van der Waals surface area contributed by atoms with Crippen LogP contribution < -0.4 is 5.32 Å². The number of nitrogens with one attached hydrogen (secondary N) is 1. The number of hydrogen-bond donors (Lipinski definition) is 1. The first-order valence-corrected chi connectivity index (χ1v) is 12.6. The molecule has 1 atom stereocenters. The maximum Gasteiger partial charge on any atom is 0.243 e. The lowest BCUT2D eigenvalue weighted by Gasteiger charge is -2.31. The number of piperidine rings is 1. The normalized spacial score (nSPS) is 18.1. The summed E-state index contributed by atoms with van der Waals surface area (Å²) in [5.74, 6) is 0.797. The minimum absolute atomic E-state index is 0.0554. The van der Waals surface area contributed by atoms with Crippen LogP contribution in [0.1, 0.15) is 18.4 Å². The molecule has 9 heteroatoms. The van der Waals surface area contributed by atoms with E-state index in [1.54, 1.807) is 23.1 Å². The van der Waals surface area contributed by atoms with Gasteiger partial charge in [-0.2, -0.15) is 27.4 Å². The lowest BCUT2D eigenvalue weighted by Crippen LogP contribution is -2.45. The van der Waals surface area contributed by atoms with Crippen molar-refractivity contribution in [1.29, 1.82) is 0 Å². The van der Waals surface area contributed by atoms with E-state index in [-0.39, 0.29) is 23.3 Å². The molecule has 0 radical (unpaired) electrons. The van der Waals surface area contributed by atoms with E-state index in [0.29, 0.717) is 25.9 Å². The summed E-state index contributed by atoms with van der Waals surface area (Å²) < 4.78 is 39.9. The summed E-state index contributed by atoms with van der Waals surface area (Å²) in [6.45, 7) is 1.10. The smallest absolute Gasteiger partial charge is 0.243 e. The number of halogens is 1. The van der Waals surface area contributed by atoms with Crippen molar-refractivity contribution < 1.29 is 17.6 Å². The molecule has 1 aromatic heterocycles. The van der Waals surface area contributed by atoms with Gasteiger partial charge in [-0.3, -0.25) is 4.79 Å². The third kappa shape index (κ3) is 5.56. The third-order valence-corrected chi connectivity index (χ3v) is 8.24. The summed E-state index contributed by atoms with van der Waals surface area (Å²) in [5.41, 5.74) is 1.29. The Balaban J connectivity index is 1.48. The number of benzene rings is 1. The van der Waals surface area contributed by atoms with Gasteiger partial charge in [0.1, 0.15) is 5.82 Å². The van der Waals surface area contributed by atoms with Crippen molar-refractivity contribution in [1.82, 2.24) is 9.62 Å². The zero-order valence-electron chi connectivity index (χ0n) is 15.3. The van der Waals surface area contributed by atoms with Gasteiger partial charge in [0.25, 0.3) is 0 Å². The van der Waals surface area contributed by atoms with Gasteiger partial charge in [-0.05, 0) is 59.5 Å². The highest BCUT2D eigenvalue weighted by Gasteiger charge is 2.33. The van der Waals surface area contributed by atoms with Crippen LogP contribution in [0.4, 0.5) is 4.39 Å². The highest BCUT2D eigenvalue weighted by atomic mass is 32.2. The molecular weight excluding hydrogens is 419 g/mol. The summed E-state index contributed by atoms with van der Waals surface area (Å²) in [4.78, 5) is 12.5. The van der Waals surface area contributed by atoms with E-state index in [2.05, 4.69) is 16.8 Å². The maximum atomic E-state index is 13.1. The molecule has 1 fully saturated rings. The number of amides is 1. The van der Waals surface area contributed by atoms with E-state index in [9.17, 15) is 17.6 Å². The zero-order valence-corrected chi connectivity index (χ0v) is 17.8. The molecule has 1 saturated heterocycles. The Labute approximate surface area is 173 Å². The molecule has 0 bridgehead atoms. The van der Waals surface area contributed by atoms with Gasteiger partial charge in [0.2, 0.25) is 15.9 Å². The van der Waals surface area contributed by atoms with E-state index in [1.165, 1.54) is 22.0 Å². The summed E-state index contributed by atoms with van der Waals surface area (Å²) in [7, 11) is -3.72. The molecule has 1 amide bonds. The van der Waals surface area contributed by atoms with Crippen LogP contribution in [0, 0.1) is 11.7 Å². The minimum atomic E-state index is -3.72. The maximum absolute atomic E-state index is 13.1. The summed E-state index contributed by atoms with van der Waals surface area (Å²) in [6, 6.07) is 6.89. The van der Waals surface area contributed by atoms with Gasteiger partial charge in [-0.25, -0.2) is 12.8 Å². The fourth-order valence-electron chi connectivity index (χ4n) is 3.09. The van der Waals surface area contributed by atoms with Crippen molar-refractivity contribution in [2.45, 2.75) is 23.5 Å². The van der Waals surface area contributed by atoms with Gasteiger partial charge >= 0.3 is 0 Å². The second-order valence-electron chi connectivity index (χ2n) is 6.63. The number of hydrogen-bond acceptors (Lipinski definition) is 5. The third-order valence-electron chi connectivity index (χ3n) is 4.60. The second-order valence-corrected chi connectivity index (χ2v) is 10.5. The summed E-state index contributed by atoms with van der Waals surface area (Å²) >= 11 is 3.43. The van der Waals surface area contributed by atoms with Crippen LogP contribution in [0.25, 0.3) is 0 Å². The summed E-state index contributed by atoms with van der Waals surface area (Å²) in [5, 5.41) is 7.09. The molecule has 2 aromatic rings. The van der Waals surface area contributed by atoms with E-state index < -0.39 is 15.8 Å². The molecule has 0 saturated carbocycles. The van der Waals surface area contributed by atoms with E-state index in [4.69, 9.17) is 0 Å². The van der Waals surface area contributed by atoms with Gasteiger partial charge < -0.3 is 5.32 Å². The number of rotatable bonds is 8. The average Bonchev–Trinajstić information content (AvgIpc) is 3.21. The van der Waals surface area contributed by atoms with Gasteiger partial charge in [0, 0.05) is 31.1 Å². The predicted molar refractivity (Wildman–Crippen MR) is 111 cm³/mol. The second kappa shape index (κ2) is 9.87. The van der Waals surface area contributed by atoms with Crippen LogP contribution in [-0.2, 0) is 20.6 Å². The number of thiophene rings is 1. The van der Waals surface area contributed by atoms with Crippen LogP contribution in [-0.4, -0.2) is 44.0 Å². The van der Waals surface area contributed by atoms with Crippen molar-refractivity contribution >= 4 is 39.0 Å². The van der Waals surface area contributed by atoms with Crippen molar-refractivity contribution in [3.63, 3.8) is 0 Å². The van der Waals surface area contributed by atoms with Crippen molar-refractivity contribution in [3.8, 4) is 0 Å². The number of thioether (sulfide) groups is 1. The minimum Gasteiger partial charge on any atom is -0.355 e. The first-order valence-electron chi connectivity index (χ1n) is 9.09. The Morgan fingerprint density at radius 2 is 2.07 bits per heavy atom. The highest BCUT2D eigenvalue weighted by Crippen LogP contribution is 2.24. The van der Waals surface area contributed by atoms with Gasteiger partial charge in [-0.1, -0.05) is 0 Å². The molecule has 5 nitrogen and oxygen atoms in total. The quantitative estimate of drug-likeness (QED) is 0.637. The standard InChI is InChI=1S/C19H23FN2O3S3/c20-17-3-5-18(6-4-17)28(24,25)22-9-1-2-16(12-22)19(23)21-8-11-27-14-15-7-10-26-13-15/h3-7,10,13,16H,1-2,8-9,11-12,14H2,(H,21,23)/t16-/m1/s1. The molecule has 1 aromatic carbocycles. The van der Waals surface area contributed by atoms with E-state index >= 15 is 0 Å². The van der Waals surface area contributed by atoms with Crippen LogP contribution >= 0.6 is 23.1 Å². The van der Waals surface area contributed by atoms with Crippen LogP contribution in [0.3, 0.4) is 0 Å². The fraction of sp³-hybridized carbons (Fsp3) is 0.421.